The van der Waals surface area contributed by atoms with Gasteiger partial charge in [0.2, 0.25) is 0 Å². The fourth-order valence-corrected chi connectivity index (χ4v) is 7.33. The molecule has 0 amide bonds. The quantitative estimate of drug-likeness (QED) is 0.155. The average Bonchev–Trinajstić information content (AvgIpc) is 3.71. The number of pyridine rings is 3. The SMILES string of the molecule is Cc1cc(-c2ccccn2)cc(C)c1N1[CH-]N(c2[c-]c(Oc3[c-]c4c(cc3)c3ccccc3n4-c3cc(C(C)(C)C)ccn3)ccc2)c2ccncc21.[Pt]. The summed E-state index contributed by atoms with van der Waals surface area (Å²) in [5, 5.41) is 2.23. The number of hydrogen-bond acceptors (Lipinski definition) is 6. The van der Waals surface area contributed by atoms with Crippen LogP contribution >= 0.6 is 0 Å². The first-order valence-electron chi connectivity index (χ1n) is 17.8. The Hall–Kier alpha value is -5.78. The number of fused-ring (bicyclic) bond motifs is 4. The molecule has 0 unspecified atom stereocenters. The molecule has 0 aliphatic carbocycles. The van der Waals surface area contributed by atoms with Gasteiger partial charge in [-0.2, -0.15) is 12.1 Å². The first kappa shape index (κ1) is 35.3. The molecule has 0 bridgehead atoms. The van der Waals surface area contributed by atoms with Gasteiger partial charge >= 0.3 is 0 Å². The van der Waals surface area contributed by atoms with Crippen molar-refractivity contribution in [3.8, 4) is 28.6 Å². The Bertz CT molecular complexity index is 2640. The van der Waals surface area contributed by atoms with Crippen molar-refractivity contribution >= 4 is 44.6 Å². The zero-order valence-electron chi connectivity index (χ0n) is 30.6. The second kappa shape index (κ2) is 13.9. The van der Waals surface area contributed by atoms with Gasteiger partial charge in [-0.05, 0) is 89.9 Å². The maximum Gasteiger partial charge on any atom is 0.135 e. The summed E-state index contributed by atoms with van der Waals surface area (Å²) in [5.41, 5.74) is 11.4. The summed E-state index contributed by atoms with van der Waals surface area (Å²) in [6.07, 6.45) is 7.45. The Kier molecular flexibility index (Phi) is 9.07. The Morgan fingerprint density at radius 2 is 1.48 bits per heavy atom. The third kappa shape index (κ3) is 6.22. The minimum absolute atomic E-state index is 0. The number of ether oxygens (including phenoxy) is 1. The normalized spacial score (nSPS) is 12.6. The molecule has 8 heteroatoms. The van der Waals surface area contributed by atoms with Crippen LogP contribution in [0.2, 0.25) is 0 Å². The van der Waals surface area contributed by atoms with Crippen LogP contribution in [-0.4, -0.2) is 19.5 Å². The molecule has 4 aromatic carbocycles. The predicted molar refractivity (Wildman–Crippen MR) is 213 cm³/mol. The van der Waals surface area contributed by atoms with E-state index < -0.39 is 0 Å². The average molecular weight is 885 g/mol. The minimum atomic E-state index is -0.0154. The van der Waals surface area contributed by atoms with Crippen molar-refractivity contribution in [2.75, 3.05) is 9.80 Å². The maximum atomic E-state index is 6.53. The Balaban J connectivity index is 0.00000413. The van der Waals surface area contributed by atoms with Gasteiger partial charge in [0.05, 0.1) is 17.6 Å². The van der Waals surface area contributed by atoms with Crippen LogP contribution in [0.15, 0.2) is 128 Å². The number of para-hydroxylation sites is 1. The van der Waals surface area contributed by atoms with Crippen LogP contribution in [0.3, 0.4) is 0 Å². The van der Waals surface area contributed by atoms with E-state index in [1.807, 2.05) is 73.3 Å². The zero-order chi connectivity index (χ0) is 36.3. The van der Waals surface area contributed by atoms with E-state index in [4.69, 9.17) is 9.72 Å². The Morgan fingerprint density at radius 3 is 2.28 bits per heavy atom. The van der Waals surface area contributed by atoms with Gasteiger partial charge in [-0.3, -0.25) is 9.97 Å². The molecular formula is C46H37N6OPt-3. The van der Waals surface area contributed by atoms with Crippen LogP contribution in [-0.2, 0) is 26.5 Å². The van der Waals surface area contributed by atoms with Crippen LogP contribution in [0.4, 0.5) is 22.7 Å². The second-order valence-corrected chi connectivity index (χ2v) is 14.5. The van der Waals surface area contributed by atoms with Crippen LogP contribution < -0.4 is 14.5 Å². The number of aryl methyl sites for hydroxylation is 2. The number of rotatable bonds is 6. The zero-order valence-corrected chi connectivity index (χ0v) is 32.9. The summed E-state index contributed by atoms with van der Waals surface area (Å²) in [6.45, 7) is 13.1. The van der Waals surface area contributed by atoms with Gasteiger partial charge in [0.25, 0.3) is 0 Å². The van der Waals surface area contributed by atoms with E-state index in [1.165, 1.54) is 5.56 Å². The topological polar surface area (TPSA) is 59.3 Å². The molecular weight excluding hydrogens is 848 g/mol. The molecule has 8 aromatic rings. The second-order valence-electron chi connectivity index (χ2n) is 14.5. The molecule has 0 saturated heterocycles. The largest absolute Gasteiger partial charge is 0.509 e. The van der Waals surface area contributed by atoms with Crippen molar-refractivity contribution in [2.24, 2.45) is 0 Å². The summed E-state index contributed by atoms with van der Waals surface area (Å²) in [7, 11) is 0. The Morgan fingerprint density at radius 1 is 0.685 bits per heavy atom. The molecule has 0 radical (unpaired) electrons. The van der Waals surface area contributed by atoms with Crippen molar-refractivity contribution in [1.82, 2.24) is 19.5 Å². The summed E-state index contributed by atoms with van der Waals surface area (Å²) in [4.78, 5) is 18.2. The van der Waals surface area contributed by atoms with E-state index in [0.29, 0.717) is 11.5 Å². The standard InChI is InChI=1S/C46H37N6O.Pt/c1-30-23-32(39-14-8-9-20-48-39)24-31(2)45(30)51-29-50(41-19-21-47-28-43(41)51)34-11-10-12-35(26-34)53-36-16-17-38-37-13-6-7-15-40(37)52(42(38)27-36)44-25-33(18-22-49-44)46(3,4)5;/h6-25,28-29H,1-5H3;/q-3;. The van der Waals surface area contributed by atoms with Gasteiger partial charge in [-0.1, -0.05) is 50.6 Å². The first-order valence-corrected chi connectivity index (χ1v) is 17.8. The van der Waals surface area contributed by atoms with Crippen LogP contribution in [0.5, 0.6) is 11.5 Å². The summed E-state index contributed by atoms with van der Waals surface area (Å²) in [5.74, 6) is 2.03. The molecule has 0 atom stereocenters. The maximum absolute atomic E-state index is 6.53. The van der Waals surface area contributed by atoms with E-state index in [0.717, 1.165) is 72.8 Å². The van der Waals surface area contributed by atoms with Crippen LogP contribution in [0, 0.1) is 32.6 Å². The molecule has 1 aliphatic rings. The van der Waals surface area contributed by atoms with Gasteiger partial charge in [-0.15, -0.1) is 48.1 Å². The van der Waals surface area contributed by atoms with Gasteiger partial charge in [0, 0.05) is 73.6 Å². The van der Waals surface area contributed by atoms with Crippen molar-refractivity contribution in [2.45, 2.75) is 40.0 Å². The van der Waals surface area contributed by atoms with E-state index >= 15 is 0 Å². The van der Waals surface area contributed by atoms with Gasteiger partial charge in [-0.25, -0.2) is 4.98 Å². The number of hydrogen-bond donors (Lipinski definition) is 0. The molecule has 5 heterocycles. The number of aromatic nitrogens is 4. The molecule has 0 saturated carbocycles. The summed E-state index contributed by atoms with van der Waals surface area (Å²) < 4.78 is 8.71. The van der Waals surface area contributed by atoms with Gasteiger partial charge < -0.3 is 19.1 Å². The molecule has 0 N–H and O–H groups in total. The Labute approximate surface area is 330 Å². The van der Waals surface area contributed by atoms with Gasteiger partial charge in [0.15, 0.2) is 0 Å². The molecule has 4 aromatic heterocycles. The van der Waals surface area contributed by atoms with E-state index in [2.05, 4.69) is 132 Å². The summed E-state index contributed by atoms with van der Waals surface area (Å²) >= 11 is 0. The van der Waals surface area contributed by atoms with Crippen LogP contribution in [0.1, 0.15) is 37.5 Å². The number of anilines is 4. The van der Waals surface area contributed by atoms with E-state index in [-0.39, 0.29) is 26.5 Å². The number of nitrogens with zero attached hydrogens (tertiary/aromatic N) is 6. The third-order valence-electron chi connectivity index (χ3n) is 9.85. The van der Waals surface area contributed by atoms with Crippen molar-refractivity contribution in [3.05, 3.63) is 163 Å². The smallest absolute Gasteiger partial charge is 0.135 e. The molecule has 54 heavy (non-hydrogen) atoms. The first-order chi connectivity index (χ1) is 25.7. The molecule has 270 valence electrons. The fourth-order valence-electron chi connectivity index (χ4n) is 7.33. The van der Waals surface area contributed by atoms with Gasteiger partial charge in [0.1, 0.15) is 5.82 Å². The molecule has 7 nitrogen and oxygen atoms in total. The van der Waals surface area contributed by atoms with E-state index in [1.54, 1.807) is 0 Å². The van der Waals surface area contributed by atoms with Crippen molar-refractivity contribution in [3.63, 3.8) is 0 Å². The predicted octanol–water partition coefficient (Wildman–Crippen LogP) is 11.3. The minimum Gasteiger partial charge on any atom is -0.509 e. The summed E-state index contributed by atoms with van der Waals surface area (Å²) in [6, 6.07) is 42.3. The molecule has 0 fully saturated rings. The van der Waals surface area contributed by atoms with Crippen molar-refractivity contribution in [1.29, 1.82) is 0 Å². The van der Waals surface area contributed by atoms with Crippen molar-refractivity contribution < 1.29 is 25.8 Å². The fraction of sp³-hybridized carbons (Fsp3) is 0.130. The number of benzene rings is 4. The van der Waals surface area contributed by atoms with Crippen LogP contribution in [0.25, 0.3) is 38.9 Å². The molecule has 9 rings (SSSR count). The molecule has 1 aliphatic heterocycles. The monoisotopic (exact) mass is 884 g/mol. The van der Waals surface area contributed by atoms with E-state index in [9.17, 15) is 0 Å². The third-order valence-corrected chi connectivity index (χ3v) is 9.85. The molecule has 0 spiro atoms.